The van der Waals surface area contributed by atoms with Gasteiger partial charge in [-0.1, -0.05) is 53.5 Å². The molecule has 0 aromatic heterocycles. The largest absolute Gasteiger partial charge is 0.326 e. The zero-order valence-electron chi connectivity index (χ0n) is 10.6. The van der Waals surface area contributed by atoms with Crippen LogP contribution < -0.4 is 5.32 Å². The first kappa shape index (κ1) is 13.5. The summed E-state index contributed by atoms with van der Waals surface area (Å²) in [6.45, 7) is 0. The van der Waals surface area contributed by atoms with Crippen LogP contribution >= 0.6 is 23.2 Å². The van der Waals surface area contributed by atoms with Gasteiger partial charge in [-0.2, -0.15) is 0 Å². The molecule has 2 atom stereocenters. The lowest BCUT2D eigenvalue weighted by Crippen LogP contribution is -2.14. The number of hydrogen-bond acceptors (Lipinski definition) is 1. The summed E-state index contributed by atoms with van der Waals surface area (Å²) < 4.78 is 0. The van der Waals surface area contributed by atoms with E-state index in [2.05, 4.69) is 17.4 Å². The maximum Gasteiger partial charge on any atom is 0.228 e. The Labute approximate surface area is 127 Å². The molecule has 2 nitrogen and oxygen atoms in total. The van der Waals surface area contributed by atoms with Crippen molar-refractivity contribution in [2.24, 2.45) is 5.92 Å². The molecule has 2 aromatic carbocycles. The first-order valence-corrected chi connectivity index (χ1v) is 7.21. The average Bonchev–Trinajstić information content (AvgIpc) is 3.24. The Morgan fingerprint density at radius 3 is 2.50 bits per heavy atom. The molecule has 0 saturated heterocycles. The molecule has 2 aromatic rings. The van der Waals surface area contributed by atoms with E-state index >= 15 is 0 Å². The smallest absolute Gasteiger partial charge is 0.228 e. The highest BCUT2D eigenvalue weighted by molar-refractivity contribution is 6.42. The molecule has 0 spiro atoms. The molecule has 0 unspecified atom stereocenters. The van der Waals surface area contributed by atoms with Gasteiger partial charge < -0.3 is 5.32 Å². The van der Waals surface area contributed by atoms with E-state index < -0.39 is 0 Å². The summed E-state index contributed by atoms with van der Waals surface area (Å²) >= 11 is 11.8. The lowest BCUT2D eigenvalue weighted by atomic mass is 10.1. The van der Waals surface area contributed by atoms with Crippen molar-refractivity contribution in [1.29, 1.82) is 0 Å². The topological polar surface area (TPSA) is 29.1 Å². The fourth-order valence-corrected chi connectivity index (χ4v) is 2.66. The summed E-state index contributed by atoms with van der Waals surface area (Å²) in [6, 6.07) is 15.2. The minimum atomic E-state index is 0.0391. The number of amides is 1. The van der Waals surface area contributed by atoms with E-state index in [9.17, 15) is 4.79 Å². The molecule has 0 aliphatic heterocycles. The van der Waals surface area contributed by atoms with Crippen LogP contribution in [-0.2, 0) is 4.79 Å². The van der Waals surface area contributed by atoms with E-state index in [-0.39, 0.29) is 11.8 Å². The van der Waals surface area contributed by atoms with E-state index in [1.165, 1.54) is 5.56 Å². The molecular weight excluding hydrogens is 293 g/mol. The first-order valence-electron chi connectivity index (χ1n) is 6.46. The van der Waals surface area contributed by atoms with E-state index in [0.29, 0.717) is 21.7 Å². The molecule has 0 radical (unpaired) electrons. The predicted molar refractivity (Wildman–Crippen MR) is 82.4 cm³/mol. The third kappa shape index (κ3) is 2.82. The van der Waals surface area contributed by atoms with Crippen LogP contribution in [0.15, 0.2) is 48.5 Å². The quantitative estimate of drug-likeness (QED) is 0.872. The van der Waals surface area contributed by atoms with Crippen LogP contribution in [0, 0.1) is 5.92 Å². The Bertz CT molecular complexity index is 642. The number of hydrogen-bond donors (Lipinski definition) is 1. The minimum absolute atomic E-state index is 0.0391. The number of rotatable bonds is 3. The molecule has 0 heterocycles. The van der Waals surface area contributed by atoms with Crippen LogP contribution in [0.25, 0.3) is 0 Å². The van der Waals surface area contributed by atoms with Crippen LogP contribution in [0.5, 0.6) is 0 Å². The van der Waals surface area contributed by atoms with Gasteiger partial charge in [0.25, 0.3) is 0 Å². The molecule has 1 aliphatic carbocycles. The maximum atomic E-state index is 12.2. The lowest BCUT2D eigenvalue weighted by Gasteiger charge is -2.06. The van der Waals surface area contributed by atoms with Gasteiger partial charge in [-0.05, 0) is 36.1 Å². The van der Waals surface area contributed by atoms with Gasteiger partial charge in [0, 0.05) is 11.6 Å². The number of anilines is 1. The molecule has 1 amide bonds. The summed E-state index contributed by atoms with van der Waals surface area (Å²) in [6.07, 6.45) is 0.900. The molecule has 0 bridgehead atoms. The van der Waals surface area contributed by atoms with Crippen molar-refractivity contribution in [1.82, 2.24) is 0 Å². The van der Waals surface area contributed by atoms with Gasteiger partial charge in [0.15, 0.2) is 0 Å². The van der Waals surface area contributed by atoms with Crippen molar-refractivity contribution in [3.8, 4) is 0 Å². The van der Waals surface area contributed by atoms with Gasteiger partial charge in [0.1, 0.15) is 0 Å². The van der Waals surface area contributed by atoms with E-state index in [4.69, 9.17) is 23.2 Å². The zero-order chi connectivity index (χ0) is 14.1. The number of halogens is 2. The molecule has 3 rings (SSSR count). The molecule has 1 saturated carbocycles. The van der Waals surface area contributed by atoms with Gasteiger partial charge in [0.2, 0.25) is 5.91 Å². The van der Waals surface area contributed by atoms with Crippen molar-refractivity contribution in [2.45, 2.75) is 12.3 Å². The molecule has 4 heteroatoms. The summed E-state index contributed by atoms with van der Waals surface area (Å²) in [4.78, 5) is 12.2. The van der Waals surface area contributed by atoms with Crippen molar-refractivity contribution >= 4 is 34.8 Å². The zero-order valence-corrected chi connectivity index (χ0v) is 12.2. The molecule has 20 heavy (non-hydrogen) atoms. The second kappa shape index (κ2) is 5.47. The Morgan fingerprint density at radius 2 is 1.80 bits per heavy atom. The predicted octanol–water partition coefficient (Wildman–Crippen LogP) is 4.74. The van der Waals surface area contributed by atoms with Crippen molar-refractivity contribution in [2.75, 3.05) is 5.32 Å². The lowest BCUT2D eigenvalue weighted by molar-refractivity contribution is -0.117. The highest BCUT2D eigenvalue weighted by Crippen LogP contribution is 2.47. The maximum absolute atomic E-state index is 12.2. The Hall–Kier alpha value is -1.51. The Kier molecular flexibility index (Phi) is 3.68. The van der Waals surface area contributed by atoms with Gasteiger partial charge in [-0.3, -0.25) is 4.79 Å². The summed E-state index contributed by atoms with van der Waals surface area (Å²) in [5.41, 5.74) is 1.91. The van der Waals surface area contributed by atoms with Crippen LogP contribution in [0.1, 0.15) is 17.9 Å². The standard InChI is InChI=1S/C16H13Cl2NO/c17-14-7-6-11(8-15(14)18)19-16(20)13-9-12(13)10-4-2-1-3-5-10/h1-8,12-13H,9H2,(H,19,20)/t12-,13-/m1/s1. The molecule has 102 valence electrons. The average molecular weight is 306 g/mol. The second-order valence-corrected chi connectivity index (χ2v) is 5.79. The van der Waals surface area contributed by atoms with E-state index in [0.717, 1.165) is 6.42 Å². The summed E-state index contributed by atoms with van der Waals surface area (Å²) in [5, 5.41) is 3.82. The third-order valence-corrected chi connectivity index (χ3v) is 4.28. The highest BCUT2D eigenvalue weighted by atomic mass is 35.5. The van der Waals surface area contributed by atoms with Crippen LogP contribution in [-0.4, -0.2) is 5.91 Å². The van der Waals surface area contributed by atoms with Crippen LogP contribution in [0.2, 0.25) is 10.0 Å². The van der Waals surface area contributed by atoms with Crippen molar-refractivity contribution < 1.29 is 4.79 Å². The van der Waals surface area contributed by atoms with Gasteiger partial charge in [-0.15, -0.1) is 0 Å². The monoisotopic (exact) mass is 305 g/mol. The molecule has 1 aliphatic rings. The van der Waals surface area contributed by atoms with Crippen molar-refractivity contribution in [3.05, 3.63) is 64.1 Å². The normalized spacial score (nSPS) is 20.5. The van der Waals surface area contributed by atoms with E-state index in [1.54, 1.807) is 18.2 Å². The SMILES string of the molecule is O=C(Nc1ccc(Cl)c(Cl)c1)[C@@H]1C[C@@H]1c1ccccc1. The minimum Gasteiger partial charge on any atom is -0.326 e. The molecule has 1 fully saturated rings. The number of nitrogens with one attached hydrogen (secondary N) is 1. The number of benzene rings is 2. The van der Waals surface area contributed by atoms with Crippen LogP contribution in [0.3, 0.4) is 0 Å². The summed E-state index contributed by atoms with van der Waals surface area (Å²) in [5.74, 6) is 0.420. The third-order valence-electron chi connectivity index (χ3n) is 3.54. The number of carbonyl (C=O) groups is 1. The second-order valence-electron chi connectivity index (χ2n) is 4.98. The van der Waals surface area contributed by atoms with E-state index in [1.807, 2.05) is 18.2 Å². The fourth-order valence-electron chi connectivity index (χ4n) is 2.36. The number of carbonyl (C=O) groups excluding carboxylic acids is 1. The van der Waals surface area contributed by atoms with Gasteiger partial charge in [-0.25, -0.2) is 0 Å². The summed E-state index contributed by atoms with van der Waals surface area (Å²) in [7, 11) is 0. The van der Waals surface area contributed by atoms with Gasteiger partial charge in [0.05, 0.1) is 10.0 Å². The van der Waals surface area contributed by atoms with Gasteiger partial charge >= 0.3 is 0 Å². The Morgan fingerprint density at radius 1 is 1.05 bits per heavy atom. The molecule has 1 N–H and O–H groups in total. The van der Waals surface area contributed by atoms with Crippen LogP contribution in [0.4, 0.5) is 5.69 Å². The Balaban J connectivity index is 1.65. The van der Waals surface area contributed by atoms with Crippen molar-refractivity contribution in [3.63, 3.8) is 0 Å². The fraction of sp³-hybridized carbons (Fsp3) is 0.188. The first-order chi connectivity index (χ1) is 9.65. The highest BCUT2D eigenvalue weighted by Gasteiger charge is 2.43. The molecular formula is C16H13Cl2NO.